The van der Waals surface area contributed by atoms with Crippen molar-refractivity contribution in [3.05, 3.63) is 71.8 Å². The van der Waals surface area contributed by atoms with E-state index < -0.39 is 45.0 Å². The molecule has 2 N–H and O–H groups in total. The second kappa shape index (κ2) is 11.0. The molecule has 4 atom stereocenters. The number of phosphoric acid groups is 1. The molecule has 0 amide bonds. The van der Waals surface area contributed by atoms with Crippen molar-refractivity contribution in [1.82, 2.24) is 0 Å². The third-order valence-corrected chi connectivity index (χ3v) is 5.00. The molecule has 1 heterocycles. The Morgan fingerprint density at radius 1 is 0.935 bits per heavy atom. The largest absolute Gasteiger partial charge is 0.469 e. The van der Waals surface area contributed by atoms with Crippen LogP contribution in [-0.4, -0.2) is 47.0 Å². The van der Waals surface area contributed by atoms with E-state index in [0.717, 1.165) is 11.1 Å². The fraction of sp³-hybridized carbons (Fsp3) is 0.381. The SMILES string of the molecule is CC(=O)O[C@H]1C(OCc2ccccc2)[C@@H](COP(=O)(O)O)O[C@@H]1OCc1ccccc1. The van der Waals surface area contributed by atoms with Crippen LogP contribution in [0.25, 0.3) is 0 Å². The molecule has 0 radical (unpaired) electrons. The quantitative estimate of drug-likeness (QED) is 0.414. The molecule has 0 aromatic heterocycles. The van der Waals surface area contributed by atoms with E-state index in [-0.39, 0.29) is 13.2 Å². The zero-order chi connectivity index (χ0) is 22.3. The minimum absolute atomic E-state index is 0.171. The first kappa shape index (κ1) is 23.6. The molecule has 0 saturated carbocycles. The summed E-state index contributed by atoms with van der Waals surface area (Å²) in [7, 11) is -4.74. The molecular weight excluding hydrogens is 427 g/mol. The average molecular weight is 452 g/mol. The third-order valence-electron chi connectivity index (χ3n) is 4.52. The van der Waals surface area contributed by atoms with Gasteiger partial charge < -0.3 is 28.7 Å². The van der Waals surface area contributed by atoms with E-state index in [2.05, 4.69) is 4.52 Å². The monoisotopic (exact) mass is 452 g/mol. The summed E-state index contributed by atoms with van der Waals surface area (Å²) < 4.78 is 38.8. The van der Waals surface area contributed by atoms with Crippen LogP contribution in [-0.2, 0) is 46.0 Å². The highest BCUT2D eigenvalue weighted by Gasteiger charge is 2.49. The van der Waals surface area contributed by atoms with Gasteiger partial charge in [0.05, 0.1) is 19.8 Å². The topological polar surface area (TPSA) is 121 Å². The molecule has 1 unspecified atom stereocenters. The molecule has 31 heavy (non-hydrogen) atoms. The van der Waals surface area contributed by atoms with E-state index in [0.29, 0.717) is 0 Å². The van der Waals surface area contributed by atoms with Crippen molar-refractivity contribution in [3.8, 4) is 0 Å². The van der Waals surface area contributed by atoms with Crippen LogP contribution in [0.4, 0.5) is 0 Å². The molecule has 168 valence electrons. The molecule has 2 aromatic carbocycles. The first-order chi connectivity index (χ1) is 14.8. The van der Waals surface area contributed by atoms with E-state index in [1.165, 1.54) is 6.92 Å². The lowest BCUT2D eigenvalue weighted by Gasteiger charge is -2.24. The van der Waals surface area contributed by atoms with Crippen molar-refractivity contribution < 1.29 is 42.6 Å². The van der Waals surface area contributed by atoms with Gasteiger partial charge in [-0.15, -0.1) is 0 Å². The maximum atomic E-state index is 11.7. The molecule has 2 aromatic rings. The lowest BCUT2D eigenvalue weighted by Crippen LogP contribution is -2.40. The van der Waals surface area contributed by atoms with Crippen LogP contribution in [0.2, 0.25) is 0 Å². The molecule has 0 aliphatic carbocycles. The van der Waals surface area contributed by atoms with Crippen LogP contribution in [0.5, 0.6) is 0 Å². The van der Waals surface area contributed by atoms with E-state index in [4.69, 9.17) is 28.7 Å². The fourth-order valence-corrected chi connectivity index (χ4v) is 3.51. The summed E-state index contributed by atoms with van der Waals surface area (Å²) in [6.07, 6.45) is -3.75. The lowest BCUT2D eigenvalue weighted by molar-refractivity contribution is -0.192. The second-order valence-electron chi connectivity index (χ2n) is 6.96. The summed E-state index contributed by atoms with van der Waals surface area (Å²) in [5.74, 6) is -0.563. The molecule has 1 saturated heterocycles. The fourth-order valence-electron chi connectivity index (χ4n) is 3.17. The first-order valence-electron chi connectivity index (χ1n) is 9.65. The van der Waals surface area contributed by atoms with Crippen molar-refractivity contribution in [2.45, 2.75) is 44.7 Å². The van der Waals surface area contributed by atoms with Gasteiger partial charge in [0.1, 0.15) is 12.2 Å². The van der Waals surface area contributed by atoms with Gasteiger partial charge in [-0.25, -0.2) is 4.57 Å². The van der Waals surface area contributed by atoms with Gasteiger partial charge in [0, 0.05) is 6.92 Å². The molecule has 3 rings (SSSR count). The summed E-state index contributed by atoms with van der Waals surface area (Å²) >= 11 is 0. The smallest absolute Gasteiger partial charge is 0.454 e. The Morgan fingerprint density at radius 3 is 2.00 bits per heavy atom. The van der Waals surface area contributed by atoms with Crippen LogP contribution in [0.1, 0.15) is 18.1 Å². The van der Waals surface area contributed by atoms with Crippen molar-refractivity contribution in [1.29, 1.82) is 0 Å². The normalized spacial score (nSPS) is 23.6. The molecule has 1 aliphatic heterocycles. The van der Waals surface area contributed by atoms with Gasteiger partial charge in [-0.2, -0.15) is 0 Å². The third kappa shape index (κ3) is 7.52. The summed E-state index contributed by atoms with van der Waals surface area (Å²) in [4.78, 5) is 29.9. The maximum Gasteiger partial charge on any atom is 0.469 e. The van der Waals surface area contributed by atoms with Crippen molar-refractivity contribution in [2.24, 2.45) is 0 Å². The predicted molar refractivity (Wildman–Crippen MR) is 108 cm³/mol. The number of rotatable bonds is 10. The number of esters is 1. The maximum absolute atomic E-state index is 11.7. The summed E-state index contributed by atoms with van der Waals surface area (Å²) in [5, 5.41) is 0. The Kier molecular flexibility index (Phi) is 8.34. The highest BCUT2D eigenvalue weighted by molar-refractivity contribution is 7.46. The number of hydrogen-bond acceptors (Lipinski definition) is 7. The van der Waals surface area contributed by atoms with Gasteiger partial charge in [-0.1, -0.05) is 60.7 Å². The molecular formula is C21H25O9P. The average Bonchev–Trinajstić information content (AvgIpc) is 3.06. The van der Waals surface area contributed by atoms with E-state index >= 15 is 0 Å². The first-order valence-corrected chi connectivity index (χ1v) is 11.2. The van der Waals surface area contributed by atoms with Gasteiger partial charge in [0.2, 0.25) is 0 Å². The van der Waals surface area contributed by atoms with E-state index in [1.54, 1.807) is 0 Å². The van der Waals surface area contributed by atoms with E-state index in [9.17, 15) is 9.36 Å². The Labute approximate surface area is 180 Å². The van der Waals surface area contributed by atoms with Crippen LogP contribution in [0, 0.1) is 0 Å². The minimum atomic E-state index is -4.74. The zero-order valence-corrected chi connectivity index (χ0v) is 17.8. The zero-order valence-electron chi connectivity index (χ0n) is 16.9. The molecule has 0 spiro atoms. The summed E-state index contributed by atoms with van der Waals surface area (Å²) in [6, 6.07) is 18.6. The standard InChI is InChI=1S/C21H25O9P/c1-15(22)29-20-19(26-12-16-8-4-2-5-9-16)18(14-28-31(23,24)25)30-21(20)27-13-17-10-6-3-7-11-17/h2-11,18-21H,12-14H2,1H3,(H2,23,24,25)/t18-,19?,20+,21+/m1/s1. The Bertz CT molecular complexity index is 871. The Balaban J connectivity index is 1.75. The van der Waals surface area contributed by atoms with Crippen molar-refractivity contribution in [3.63, 3.8) is 0 Å². The van der Waals surface area contributed by atoms with Crippen LogP contribution >= 0.6 is 7.82 Å². The Hall–Kier alpha value is -2.10. The number of ether oxygens (including phenoxy) is 4. The van der Waals surface area contributed by atoms with Crippen LogP contribution in [0.15, 0.2) is 60.7 Å². The van der Waals surface area contributed by atoms with Gasteiger partial charge in [0.15, 0.2) is 12.4 Å². The summed E-state index contributed by atoms with van der Waals surface area (Å²) in [5.41, 5.74) is 1.75. The Morgan fingerprint density at radius 2 is 1.48 bits per heavy atom. The minimum Gasteiger partial charge on any atom is -0.454 e. The molecule has 10 heteroatoms. The number of carbonyl (C=O) groups is 1. The highest BCUT2D eigenvalue weighted by atomic mass is 31.2. The van der Waals surface area contributed by atoms with Crippen molar-refractivity contribution >= 4 is 13.8 Å². The molecule has 1 aliphatic rings. The van der Waals surface area contributed by atoms with Crippen LogP contribution < -0.4 is 0 Å². The van der Waals surface area contributed by atoms with Gasteiger partial charge in [-0.3, -0.25) is 9.32 Å². The predicted octanol–water partition coefficient (Wildman–Crippen LogP) is 2.55. The number of benzene rings is 2. The lowest BCUT2D eigenvalue weighted by atomic mass is 10.1. The highest BCUT2D eigenvalue weighted by Crippen LogP contribution is 2.38. The van der Waals surface area contributed by atoms with Gasteiger partial charge >= 0.3 is 13.8 Å². The van der Waals surface area contributed by atoms with Crippen molar-refractivity contribution in [2.75, 3.05) is 6.61 Å². The second-order valence-corrected chi connectivity index (χ2v) is 8.20. The molecule has 0 bridgehead atoms. The molecule has 1 fully saturated rings. The number of carbonyl (C=O) groups excluding carboxylic acids is 1. The number of hydrogen-bond donors (Lipinski definition) is 2. The number of phosphoric ester groups is 1. The molecule has 9 nitrogen and oxygen atoms in total. The van der Waals surface area contributed by atoms with Gasteiger partial charge in [0.25, 0.3) is 0 Å². The van der Waals surface area contributed by atoms with Crippen LogP contribution in [0.3, 0.4) is 0 Å². The van der Waals surface area contributed by atoms with E-state index in [1.807, 2.05) is 60.7 Å². The summed E-state index contributed by atoms with van der Waals surface area (Å²) in [6.45, 7) is 1.14. The van der Waals surface area contributed by atoms with Gasteiger partial charge in [-0.05, 0) is 11.1 Å².